The van der Waals surface area contributed by atoms with Crippen LogP contribution >= 0.6 is 0 Å². The van der Waals surface area contributed by atoms with E-state index in [9.17, 15) is 5.11 Å². The molecular formula is C14H16N2O. The zero-order valence-corrected chi connectivity index (χ0v) is 9.98. The molecule has 17 heavy (non-hydrogen) atoms. The molecule has 88 valence electrons. The van der Waals surface area contributed by atoms with Gasteiger partial charge in [-0.1, -0.05) is 12.1 Å². The van der Waals surface area contributed by atoms with Crippen LogP contribution in [0.5, 0.6) is 5.75 Å². The molecule has 0 radical (unpaired) electrons. The van der Waals surface area contributed by atoms with E-state index in [1.807, 2.05) is 19.1 Å². The normalized spacial score (nSPS) is 15.7. The van der Waals surface area contributed by atoms with Crippen LogP contribution in [0.4, 0.5) is 5.69 Å². The fraction of sp³-hybridized carbons (Fsp3) is 0.357. The predicted molar refractivity (Wildman–Crippen MR) is 69.6 cm³/mol. The van der Waals surface area contributed by atoms with Crippen LogP contribution in [0, 0.1) is 6.92 Å². The van der Waals surface area contributed by atoms with Gasteiger partial charge in [-0.05, 0) is 31.9 Å². The Labute approximate surface area is 101 Å². The largest absolute Gasteiger partial charge is 0.506 e. The lowest BCUT2D eigenvalue weighted by Gasteiger charge is -2.20. The lowest BCUT2D eigenvalue weighted by molar-refractivity contribution is 0.480. The van der Waals surface area contributed by atoms with Crippen LogP contribution in [-0.4, -0.2) is 23.2 Å². The third-order valence-corrected chi connectivity index (χ3v) is 3.37. The number of phenols is 1. The summed E-state index contributed by atoms with van der Waals surface area (Å²) in [7, 11) is 0. The highest BCUT2D eigenvalue weighted by atomic mass is 16.3. The number of rotatable bonds is 1. The lowest BCUT2D eigenvalue weighted by atomic mass is 10.1. The lowest BCUT2D eigenvalue weighted by Crippen LogP contribution is -2.18. The van der Waals surface area contributed by atoms with Crippen molar-refractivity contribution < 1.29 is 5.11 Å². The van der Waals surface area contributed by atoms with Gasteiger partial charge in [-0.3, -0.25) is 0 Å². The van der Waals surface area contributed by atoms with E-state index >= 15 is 0 Å². The van der Waals surface area contributed by atoms with Crippen LogP contribution in [-0.2, 0) is 0 Å². The van der Waals surface area contributed by atoms with Gasteiger partial charge >= 0.3 is 0 Å². The fourth-order valence-corrected chi connectivity index (χ4v) is 2.56. The number of pyridine rings is 1. The molecular weight excluding hydrogens is 212 g/mol. The molecule has 1 aromatic heterocycles. The summed E-state index contributed by atoms with van der Waals surface area (Å²) in [4.78, 5) is 6.82. The Morgan fingerprint density at radius 2 is 2.00 bits per heavy atom. The first-order valence-electron chi connectivity index (χ1n) is 6.10. The Balaban J connectivity index is 2.25. The Hall–Kier alpha value is -1.77. The minimum atomic E-state index is 0.270. The second kappa shape index (κ2) is 3.91. The number of aryl methyl sites for hydroxylation is 1. The van der Waals surface area contributed by atoms with Crippen LogP contribution in [0.2, 0.25) is 0 Å². The monoisotopic (exact) mass is 228 g/mol. The summed E-state index contributed by atoms with van der Waals surface area (Å²) in [6.45, 7) is 4.19. The Morgan fingerprint density at radius 3 is 2.76 bits per heavy atom. The number of anilines is 1. The van der Waals surface area contributed by atoms with E-state index in [1.54, 1.807) is 6.07 Å². The number of fused-ring (bicyclic) bond motifs is 1. The average Bonchev–Trinajstić information content (AvgIpc) is 2.83. The molecule has 3 nitrogen and oxygen atoms in total. The predicted octanol–water partition coefficient (Wildman–Crippen LogP) is 2.85. The summed E-state index contributed by atoms with van der Waals surface area (Å²) in [5.41, 5.74) is 2.89. The Kier molecular flexibility index (Phi) is 2.39. The van der Waals surface area contributed by atoms with Gasteiger partial charge in [0.2, 0.25) is 0 Å². The number of hydrogen-bond donors (Lipinski definition) is 1. The summed E-state index contributed by atoms with van der Waals surface area (Å²) in [5.74, 6) is 0.270. The summed E-state index contributed by atoms with van der Waals surface area (Å²) in [5, 5.41) is 10.9. The fourth-order valence-electron chi connectivity index (χ4n) is 2.56. The second-order valence-corrected chi connectivity index (χ2v) is 4.65. The molecule has 0 atom stereocenters. The van der Waals surface area contributed by atoms with Gasteiger partial charge in [-0.25, -0.2) is 4.98 Å². The maximum Gasteiger partial charge on any atom is 0.141 e. The number of hydrogen-bond acceptors (Lipinski definition) is 3. The molecule has 1 N–H and O–H groups in total. The van der Waals surface area contributed by atoms with E-state index in [0.29, 0.717) is 0 Å². The van der Waals surface area contributed by atoms with Crippen LogP contribution in [0.1, 0.15) is 18.5 Å². The van der Waals surface area contributed by atoms with E-state index < -0.39 is 0 Å². The molecule has 0 amide bonds. The minimum absolute atomic E-state index is 0.270. The maximum atomic E-state index is 9.88. The molecule has 3 rings (SSSR count). The smallest absolute Gasteiger partial charge is 0.141 e. The third kappa shape index (κ3) is 1.71. The van der Waals surface area contributed by atoms with Gasteiger partial charge in [-0.2, -0.15) is 0 Å². The number of aromatic hydroxyl groups is 1. The van der Waals surface area contributed by atoms with Crippen molar-refractivity contribution in [2.24, 2.45) is 0 Å². The van der Waals surface area contributed by atoms with Crippen molar-refractivity contribution in [3.05, 3.63) is 30.0 Å². The highest BCUT2D eigenvalue weighted by molar-refractivity contribution is 5.95. The van der Waals surface area contributed by atoms with Gasteiger partial charge in [0, 0.05) is 29.9 Å². The van der Waals surface area contributed by atoms with Crippen molar-refractivity contribution in [2.45, 2.75) is 19.8 Å². The van der Waals surface area contributed by atoms with Crippen LogP contribution in [0.25, 0.3) is 10.9 Å². The first-order chi connectivity index (χ1) is 8.25. The molecule has 2 aromatic rings. The summed E-state index contributed by atoms with van der Waals surface area (Å²) < 4.78 is 0. The molecule has 0 unspecified atom stereocenters. The summed E-state index contributed by atoms with van der Waals surface area (Å²) in [6, 6.07) is 7.74. The molecule has 0 bridgehead atoms. The van der Waals surface area contributed by atoms with Gasteiger partial charge < -0.3 is 10.0 Å². The second-order valence-electron chi connectivity index (χ2n) is 4.65. The van der Waals surface area contributed by atoms with Gasteiger partial charge in [0.15, 0.2) is 0 Å². The van der Waals surface area contributed by atoms with Crippen LogP contribution in [0.15, 0.2) is 24.3 Å². The number of aromatic nitrogens is 1. The average molecular weight is 228 g/mol. The summed E-state index contributed by atoms with van der Waals surface area (Å²) in [6.07, 6.45) is 2.50. The molecule has 3 heteroatoms. The van der Waals surface area contributed by atoms with Gasteiger partial charge in [0.05, 0.1) is 0 Å². The SMILES string of the molecule is Cc1cc(N2CCCC2)c2cccc(O)c2n1. The van der Waals surface area contributed by atoms with Crippen LogP contribution < -0.4 is 4.90 Å². The number of nitrogens with zero attached hydrogens (tertiary/aromatic N) is 2. The molecule has 2 heterocycles. The van der Waals surface area contributed by atoms with Gasteiger partial charge in [0.25, 0.3) is 0 Å². The first-order valence-corrected chi connectivity index (χ1v) is 6.10. The van der Waals surface area contributed by atoms with Gasteiger partial charge in [-0.15, -0.1) is 0 Å². The molecule has 0 spiro atoms. The standard InChI is InChI=1S/C14H16N2O/c1-10-9-12(16-7-2-3-8-16)11-5-4-6-13(17)14(11)15-10/h4-6,9,17H,2-3,7-8H2,1H3. The highest BCUT2D eigenvalue weighted by Gasteiger charge is 2.16. The summed E-state index contributed by atoms with van der Waals surface area (Å²) >= 11 is 0. The molecule has 1 fully saturated rings. The molecule has 0 aliphatic carbocycles. The quantitative estimate of drug-likeness (QED) is 0.815. The van der Waals surface area contributed by atoms with E-state index in [0.717, 1.165) is 29.7 Å². The first kappa shape index (κ1) is 10.4. The van der Waals surface area contributed by atoms with E-state index in [1.165, 1.54) is 18.5 Å². The Bertz CT molecular complexity index is 559. The van der Waals surface area contributed by atoms with Crippen LogP contribution in [0.3, 0.4) is 0 Å². The van der Waals surface area contributed by atoms with Crippen molar-refractivity contribution in [3.63, 3.8) is 0 Å². The molecule has 1 aromatic carbocycles. The zero-order chi connectivity index (χ0) is 11.8. The minimum Gasteiger partial charge on any atom is -0.506 e. The van der Waals surface area contributed by atoms with Crippen molar-refractivity contribution >= 4 is 16.6 Å². The Morgan fingerprint density at radius 1 is 1.24 bits per heavy atom. The molecule has 1 saturated heterocycles. The maximum absolute atomic E-state index is 9.88. The molecule has 1 aliphatic rings. The third-order valence-electron chi connectivity index (χ3n) is 3.37. The number of phenolic OH excluding ortho intramolecular Hbond substituents is 1. The van der Waals surface area contributed by atoms with Crippen molar-refractivity contribution in [1.29, 1.82) is 0 Å². The van der Waals surface area contributed by atoms with E-state index in [4.69, 9.17) is 0 Å². The van der Waals surface area contributed by atoms with E-state index in [2.05, 4.69) is 16.0 Å². The molecule has 0 saturated carbocycles. The van der Waals surface area contributed by atoms with Crippen molar-refractivity contribution in [2.75, 3.05) is 18.0 Å². The van der Waals surface area contributed by atoms with Crippen molar-refractivity contribution in [3.8, 4) is 5.75 Å². The highest BCUT2D eigenvalue weighted by Crippen LogP contribution is 2.33. The van der Waals surface area contributed by atoms with Crippen molar-refractivity contribution in [1.82, 2.24) is 4.98 Å². The van der Waals surface area contributed by atoms with Gasteiger partial charge in [0.1, 0.15) is 11.3 Å². The zero-order valence-electron chi connectivity index (χ0n) is 9.98. The number of para-hydroxylation sites is 1. The topological polar surface area (TPSA) is 36.4 Å². The van der Waals surface area contributed by atoms with E-state index in [-0.39, 0.29) is 5.75 Å². The molecule has 1 aliphatic heterocycles. The number of benzene rings is 1.